The number of amides is 1. The van der Waals surface area contributed by atoms with Gasteiger partial charge in [0.2, 0.25) is 0 Å². The maximum atomic E-state index is 12.5. The summed E-state index contributed by atoms with van der Waals surface area (Å²) in [5.74, 6) is 1.28. The maximum absolute atomic E-state index is 12.5. The van der Waals surface area contributed by atoms with Gasteiger partial charge in [-0.15, -0.1) is 10.2 Å². The third-order valence-corrected chi connectivity index (χ3v) is 6.06. The number of thioether (sulfide) groups is 1. The average molecular weight is 547 g/mol. The third-order valence-electron chi connectivity index (χ3n) is 5.14. The molecule has 0 aliphatic carbocycles. The summed E-state index contributed by atoms with van der Waals surface area (Å²) < 4.78 is 17.8. The number of aromatic nitrogens is 4. The van der Waals surface area contributed by atoms with Gasteiger partial charge in [-0.05, 0) is 67.1 Å². The largest absolute Gasteiger partial charge is 0.494 e. The molecule has 11 nitrogen and oxygen atoms in total. The van der Waals surface area contributed by atoms with Crippen LogP contribution in [0.5, 0.6) is 17.2 Å². The zero-order valence-corrected chi connectivity index (χ0v) is 22.3. The van der Waals surface area contributed by atoms with E-state index in [1.165, 1.54) is 32.0 Å². The van der Waals surface area contributed by atoms with Crippen LogP contribution in [0.3, 0.4) is 0 Å². The molecule has 0 radical (unpaired) electrons. The van der Waals surface area contributed by atoms with Crippen LogP contribution in [0.1, 0.15) is 19.4 Å². The van der Waals surface area contributed by atoms with Crippen molar-refractivity contribution in [2.45, 2.75) is 19.0 Å². The van der Waals surface area contributed by atoms with Crippen LogP contribution in [0.4, 0.5) is 0 Å². The van der Waals surface area contributed by atoms with E-state index in [0.717, 1.165) is 17.0 Å². The van der Waals surface area contributed by atoms with E-state index in [1.807, 2.05) is 47.9 Å². The topological polar surface area (TPSA) is 130 Å². The van der Waals surface area contributed by atoms with Crippen molar-refractivity contribution in [2.24, 2.45) is 5.10 Å². The van der Waals surface area contributed by atoms with Crippen molar-refractivity contribution in [1.82, 2.24) is 25.2 Å². The summed E-state index contributed by atoms with van der Waals surface area (Å²) in [6.07, 6.45) is 4.86. The fraction of sp³-hybridized carbons (Fsp3) is 0.185. The Kier molecular flexibility index (Phi) is 9.25. The Labute approximate surface area is 229 Å². The SMILES string of the molecule is CCOc1ccc(-n2c(SCC(=O)N/N=C\c3ccc(OC(C)=O)c(OC)c3)nnc2-c2cccnc2)cc1. The van der Waals surface area contributed by atoms with E-state index in [-0.39, 0.29) is 11.7 Å². The number of methoxy groups -OCH3 is 1. The van der Waals surface area contributed by atoms with Gasteiger partial charge in [0, 0.05) is 30.6 Å². The molecule has 4 aromatic rings. The van der Waals surface area contributed by atoms with Gasteiger partial charge >= 0.3 is 5.97 Å². The number of ether oxygens (including phenoxy) is 3. The predicted molar refractivity (Wildman–Crippen MR) is 147 cm³/mol. The number of benzene rings is 2. The highest BCUT2D eigenvalue weighted by Gasteiger charge is 2.17. The molecule has 0 bridgehead atoms. The summed E-state index contributed by atoms with van der Waals surface area (Å²) in [5.41, 5.74) is 4.75. The Morgan fingerprint density at radius 1 is 1.10 bits per heavy atom. The van der Waals surface area contributed by atoms with E-state index in [0.29, 0.717) is 34.7 Å². The van der Waals surface area contributed by atoms with Crippen molar-refractivity contribution in [2.75, 3.05) is 19.5 Å². The number of nitrogens with zero attached hydrogens (tertiary/aromatic N) is 5. The van der Waals surface area contributed by atoms with Crippen molar-refractivity contribution in [3.05, 3.63) is 72.6 Å². The molecular weight excluding hydrogens is 520 g/mol. The molecule has 0 unspecified atom stereocenters. The van der Waals surface area contributed by atoms with Crippen LogP contribution in [0.15, 0.2) is 77.2 Å². The lowest BCUT2D eigenvalue weighted by molar-refractivity contribution is -0.132. The van der Waals surface area contributed by atoms with Gasteiger partial charge in [-0.3, -0.25) is 19.1 Å². The zero-order chi connectivity index (χ0) is 27.6. The standard InChI is InChI=1S/C27H26N6O5S/c1-4-37-22-10-8-21(9-11-22)33-26(20-6-5-13-28-16-20)31-32-27(33)39-17-25(35)30-29-15-19-7-12-23(38-18(2)34)24(14-19)36-3/h5-16H,4,17H2,1-3H3,(H,30,35)/b29-15-. The van der Waals surface area contributed by atoms with E-state index >= 15 is 0 Å². The monoisotopic (exact) mass is 546 g/mol. The van der Waals surface area contributed by atoms with Gasteiger partial charge in [0.05, 0.1) is 25.7 Å². The van der Waals surface area contributed by atoms with E-state index < -0.39 is 5.97 Å². The number of carbonyl (C=O) groups excluding carboxylic acids is 2. The van der Waals surface area contributed by atoms with Crippen LogP contribution >= 0.6 is 11.8 Å². The molecule has 39 heavy (non-hydrogen) atoms. The van der Waals surface area contributed by atoms with Gasteiger partial charge in [0.15, 0.2) is 22.5 Å². The second-order valence-electron chi connectivity index (χ2n) is 7.90. The normalized spacial score (nSPS) is 10.8. The Hall–Kier alpha value is -4.71. The van der Waals surface area contributed by atoms with E-state index in [2.05, 4.69) is 25.7 Å². The molecule has 2 heterocycles. The van der Waals surface area contributed by atoms with Gasteiger partial charge in [-0.2, -0.15) is 5.10 Å². The Balaban J connectivity index is 1.46. The van der Waals surface area contributed by atoms with Gasteiger partial charge in [0.25, 0.3) is 5.91 Å². The number of carbonyl (C=O) groups is 2. The number of esters is 1. The molecule has 2 aromatic heterocycles. The number of hydrogen-bond donors (Lipinski definition) is 1. The fourth-order valence-electron chi connectivity index (χ4n) is 3.48. The molecule has 2 aromatic carbocycles. The first kappa shape index (κ1) is 27.3. The first-order valence-electron chi connectivity index (χ1n) is 11.9. The van der Waals surface area contributed by atoms with Crippen LogP contribution in [0.2, 0.25) is 0 Å². The van der Waals surface area contributed by atoms with Crippen LogP contribution in [-0.4, -0.2) is 57.3 Å². The molecule has 0 atom stereocenters. The second kappa shape index (κ2) is 13.2. The van der Waals surface area contributed by atoms with Crippen molar-refractivity contribution >= 4 is 29.9 Å². The summed E-state index contributed by atoms with van der Waals surface area (Å²) in [6.45, 7) is 3.80. The second-order valence-corrected chi connectivity index (χ2v) is 8.84. The van der Waals surface area contributed by atoms with Gasteiger partial charge in [-0.1, -0.05) is 11.8 Å². The van der Waals surface area contributed by atoms with Gasteiger partial charge in [0.1, 0.15) is 5.75 Å². The maximum Gasteiger partial charge on any atom is 0.308 e. The molecule has 1 amide bonds. The van der Waals surface area contributed by atoms with Crippen molar-refractivity contribution in [1.29, 1.82) is 0 Å². The van der Waals surface area contributed by atoms with Crippen LogP contribution in [-0.2, 0) is 9.59 Å². The molecule has 12 heteroatoms. The number of hydrogen-bond acceptors (Lipinski definition) is 10. The van der Waals surface area contributed by atoms with E-state index in [1.54, 1.807) is 30.6 Å². The lowest BCUT2D eigenvalue weighted by atomic mass is 10.2. The summed E-state index contributed by atoms with van der Waals surface area (Å²) in [7, 11) is 1.47. The molecule has 200 valence electrons. The quantitative estimate of drug-likeness (QED) is 0.0978. The van der Waals surface area contributed by atoms with Crippen LogP contribution in [0.25, 0.3) is 17.1 Å². The van der Waals surface area contributed by atoms with E-state index in [4.69, 9.17) is 14.2 Å². The minimum atomic E-state index is -0.453. The van der Waals surface area contributed by atoms with Crippen molar-refractivity contribution in [3.8, 4) is 34.3 Å². The molecule has 0 aliphatic heterocycles. The van der Waals surface area contributed by atoms with Crippen LogP contribution < -0.4 is 19.6 Å². The summed E-state index contributed by atoms with van der Waals surface area (Å²) in [5, 5.41) is 13.2. The van der Waals surface area contributed by atoms with Crippen molar-refractivity contribution < 1.29 is 23.8 Å². The fourth-order valence-corrected chi connectivity index (χ4v) is 4.23. The number of nitrogens with one attached hydrogen (secondary N) is 1. The Morgan fingerprint density at radius 3 is 2.62 bits per heavy atom. The minimum Gasteiger partial charge on any atom is -0.494 e. The Morgan fingerprint density at radius 2 is 1.92 bits per heavy atom. The molecule has 0 aliphatic rings. The van der Waals surface area contributed by atoms with Crippen LogP contribution in [0, 0.1) is 0 Å². The first-order chi connectivity index (χ1) is 19.0. The first-order valence-corrected chi connectivity index (χ1v) is 12.9. The molecule has 1 N–H and O–H groups in total. The Bertz CT molecular complexity index is 1460. The molecule has 0 saturated carbocycles. The molecule has 0 saturated heterocycles. The highest BCUT2D eigenvalue weighted by atomic mass is 32.2. The minimum absolute atomic E-state index is 0.0499. The third kappa shape index (κ3) is 7.20. The summed E-state index contributed by atoms with van der Waals surface area (Å²) >= 11 is 1.22. The summed E-state index contributed by atoms with van der Waals surface area (Å²) in [6, 6.07) is 16.2. The molecular formula is C27H26N6O5S. The highest BCUT2D eigenvalue weighted by molar-refractivity contribution is 7.99. The highest BCUT2D eigenvalue weighted by Crippen LogP contribution is 2.29. The zero-order valence-electron chi connectivity index (χ0n) is 21.5. The molecule has 0 fully saturated rings. The number of pyridine rings is 1. The lowest BCUT2D eigenvalue weighted by Gasteiger charge is -2.11. The molecule has 0 spiro atoms. The smallest absolute Gasteiger partial charge is 0.308 e. The average Bonchev–Trinajstić information content (AvgIpc) is 3.37. The predicted octanol–water partition coefficient (Wildman–Crippen LogP) is 3.90. The lowest BCUT2D eigenvalue weighted by Crippen LogP contribution is -2.20. The number of hydrazone groups is 1. The van der Waals surface area contributed by atoms with Crippen molar-refractivity contribution in [3.63, 3.8) is 0 Å². The van der Waals surface area contributed by atoms with Gasteiger partial charge < -0.3 is 14.2 Å². The van der Waals surface area contributed by atoms with E-state index in [9.17, 15) is 9.59 Å². The molecule has 4 rings (SSSR count). The number of rotatable bonds is 11. The summed E-state index contributed by atoms with van der Waals surface area (Å²) in [4.78, 5) is 27.9. The van der Waals surface area contributed by atoms with Gasteiger partial charge in [-0.25, -0.2) is 5.43 Å².